The molecule has 162 valence electrons. The van der Waals surface area contributed by atoms with Gasteiger partial charge in [0, 0.05) is 0 Å². The molecule has 4 fully saturated rings. The Morgan fingerprint density at radius 3 is 2.36 bits per heavy atom. The first-order valence-corrected chi connectivity index (χ1v) is 12.1. The van der Waals surface area contributed by atoms with Gasteiger partial charge in [0.1, 0.15) is 0 Å². The molecule has 28 heavy (non-hydrogen) atoms. The van der Waals surface area contributed by atoms with Crippen LogP contribution in [0.5, 0.6) is 0 Å². The SMILES string of the molecule is C[C@H](OCC(C)(C)O)C1CCC2C3CCC4CC(O)CCC4(C)C3CCC21C. The van der Waals surface area contributed by atoms with Gasteiger partial charge in [0.25, 0.3) is 0 Å². The zero-order valence-corrected chi connectivity index (χ0v) is 18.9. The third-order valence-electron chi connectivity index (χ3n) is 9.98. The van der Waals surface area contributed by atoms with Crippen LogP contribution in [0.4, 0.5) is 0 Å². The topological polar surface area (TPSA) is 49.7 Å². The van der Waals surface area contributed by atoms with Gasteiger partial charge in [0.15, 0.2) is 0 Å². The first kappa shape index (κ1) is 21.1. The van der Waals surface area contributed by atoms with E-state index in [0.29, 0.717) is 23.4 Å². The molecular formula is C25H44O3. The van der Waals surface area contributed by atoms with Gasteiger partial charge in [-0.2, -0.15) is 0 Å². The van der Waals surface area contributed by atoms with Crippen LogP contribution in [-0.4, -0.2) is 34.6 Å². The number of hydrogen-bond acceptors (Lipinski definition) is 3. The molecule has 0 aromatic heterocycles. The second kappa shape index (κ2) is 7.24. The Morgan fingerprint density at radius 2 is 1.64 bits per heavy atom. The highest BCUT2D eigenvalue weighted by atomic mass is 16.5. The summed E-state index contributed by atoms with van der Waals surface area (Å²) in [4.78, 5) is 0. The Kier molecular flexibility index (Phi) is 5.46. The summed E-state index contributed by atoms with van der Waals surface area (Å²) < 4.78 is 6.18. The maximum atomic E-state index is 10.2. The van der Waals surface area contributed by atoms with Gasteiger partial charge in [-0.3, -0.25) is 0 Å². The fourth-order valence-electron chi connectivity index (χ4n) is 8.50. The molecule has 0 spiro atoms. The van der Waals surface area contributed by atoms with Crippen LogP contribution in [0.15, 0.2) is 0 Å². The lowest BCUT2D eigenvalue weighted by atomic mass is 9.44. The van der Waals surface area contributed by atoms with Gasteiger partial charge in [-0.15, -0.1) is 0 Å². The Labute approximate surface area is 172 Å². The second-order valence-electron chi connectivity index (χ2n) is 12.1. The molecule has 4 saturated carbocycles. The predicted molar refractivity (Wildman–Crippen MR) is 113 cm³/mol. The normalized spacial score (nSPS) is 49.8. The standard InChI is InChI=1S/C25H44O3/c1-16(28-15-23(2,3)27)20-8-9-21-19-7-6-17-14-18(26)10-12-24(17,4)22(19)11-13-25(20,21)5/h16-22,26-27H,6-15H2,1-5H3/t16-,17?,18?,19?,20?,21?,22?,24?,25?/m0/s1. The van der Waals surface area contributed by atoms with Crippen molar-refractivity contribution in [2.75, 3.05) is 6.61 Å². The Bertz CT molecular complexity index is 569. The molecule has 0 aromatic rings. The van der Waals surface area contributed by atoms with Gasteiger partial charge in [-0.05, 0) is 119 Å². The van der Waals surface area contributed by atoms with E-state index in [4.69, 9.17) is 4.74 Å². The molecule has 4 aliphatic carbocycles. The first-order valence-electron chi connectivity index (χ1n) is 12.1. The average Bonchev–Trinajstić information content (AvgIpc) is 2.97. The number of hydrogen-bond donors (Lipinski definition) is 2. The zero-order valence-electron chi connectivity index (χ0n) is 18.9. The molecule has 0 heterocycles. The number of ether oxygens (including phenoxy) is 1. The molecule has 2 N–H and O–H groups in total. The van der Waals surface area contributed by atoms with Gasteiger partial charge in [0.2, 0.25) is 0 Å². The number of aliphatic hydroxyl groups excluding tert-OH is 1. The quantitative estimate of drug-likeness (QED) is 0.693. The van der Waals surface area contributed by atoms with E-state index in [1.165, 1.54) is 44.9 Å². The third-order valence-corrected chi connectivity index (χ3v) is 9.98. The Morgan fingerprint density at radius 1 is 0.964 bits per heavy atom. The third kappa shape index (κ3) is 3.48. The van der Waals surface area contributed by atoms with E-state index < -0.39 is 5.60 Å². The summed E-state index contributed by atoms with van der Waals surface area (Å²) in [5.74, 6) is 3.95. The molecule has 4 rings (SSSR count). The predicted octanol–water partition coefficient (Wildman–Crippen LogP) is 5.18. The summed E-state index contributed by atoms with van der Waals surface area (Å²) in [7, 11) is 0. The van der Waals surface area contributed by atoms with Gasteiger partial charge in [0.05, 0.1) is 24.4 Å². The highest BCUT2D eigenvalue weighted by Crippen LogP contribution is 2.67. The van der Waals surface area contributed by atoms with Crippen molar-refractivity contribution >= 4 is 0 Å². The minimum atomic E-state index is -0.747. The van der Waals surface area contributed by atoms with Crippen molar-refractivity contribution in [3.63, 3.8) is 0 Å². The maximum Gasteiger partial charge on any atom is 0.0824 e. The van der Waals surface area contributed by atoms with Crippen LogP contribution >= 0.6 is 0 Å². The van der Waals surface area contributed by atoms with Crippen LogP contribution in [0.1, 0.15) is 92.4 Å². The lowest BCUT2D eigenvalue weighted by Gasteiger charge is -2.61. The van der Waals surface area contributed by atoms with Crippen LogP contribution in [0.2, 0.25) is 0 Å². The van der Waals surface area contributed by atoms with Crippen LogP contribution in [0.3, 0.4) is 0 Å². The fourth-order valence-corrected chi connectivity index (χ4v) is 8.50. The van der Waals surface area contributed by atoms with Crippen molar-refractivity contribution < 1.29 is 14.9 Å². The van der Waals surface area contributed by atoms with Gasteiger partial charge in [-0.1, -0.05) is 13.8 Å². The van der Waals surface area contributed by atoms with E-state index >= 15 is 0 Å². The highest BCUT2D eigenvalue weighted by Gasteiger charge is 2.60. The molecule has 0 bridgehead atoms. The molecule has 0 saturated heterocycles. The molecule has 9 atom stereocenters. The van der Waals surface area contributed by atoms with E-state index in [2.05, 4.69) is 20.8 Å². The molecule has 0 aromatic carbocycles. The monoisotopic (exact) mass is 392 g/mol. The molecule has 0 amide bonds. The van der Waals surface area contributed by atoms with E-state index in [0.717, 1.165) is 36.5 Å². The molecule has 3 nitrogen and oxygen atoms in total. The summed E-state index contributed by atoms with van der Waals surface area (Å²) in [6.07, 6.45) is 11.5. The molecule has 0 radical (unpaired) electrons. The summed E-state index contributed by atoms with van der Waals surface area (Å²) in [5, 5.41) is 20.3. The second-order valence-corrected chi connectivity index (χ2v) is 12.1. The number of fused-ring (bicyclic) bond motifs is 5. The smallest absolute Gasteiger partial charge is 0.0824 e. The molecule has 0 aliphatic heterocycles. The zero-order chi connectivity index (χ0) is 20.3. The van der Waals surface area contributed by atoms with Crippen LogP contribution < -0.4 is 0 Å². The first-order chi connectivity index (χ1) is 13.0. The summed E-state index contributed by atoms with van der Waals surface area (Å²) in [6, 6.07) is 0. The molecule has 4 aliphatic rings. The van der Waals surface area contributed by atoms with Crippen molar-refractivity contribution in [1.82, 2.24) is 0 Å². The fraction of sp³-hybridized carbons (Fsp3) is 1.00. The minimum absolute atomic E-state index is 0.0480. The Balaban J connectivity index is 1.49. The van der Waals surface area contributed by atoms with Crippen LogP contribution in [0.25, 0.3) is 0 Å². The summed E-state index contributed by atoms with van der Waals surface area (Å²) in [5.41, 5.74) is 0.117. The lowest BCUT2D eigenvalue weighted by molar-refractivity contribution is -0.140. The van der Waals surface area contributed by atoms with E-state index in [-0.39, 0.29) is 12.2 Å². The van der Waals surface area contributed by atoms with Gasteiger partial charge in [-0.25, -0.2) is 0 Å². The van der Waals surface area contributed by atoms with Crippen molar-refractivity contribution in [3.8, 4) is 0 Å². The van der Waals surface area contributed by atoms with Crippen molar-refractivity contribution in [2.24, 2.45) is 40.4 Å². The minimum Gasteiger partial charge on any atom is -0.393 e. The molecular weight excluding hydrogens is 348 g/mol. The lowest BCUT2D eigenvalue weighted by Crippen LogP contribution is -2.54. The van der Waals surface area contributed by atoms with E-state index in [1.54, 1.807) is 0 Å². The summed E-state index contributed by atoms with van der Waals surface area (Å²) >= 11 is 0. The van der Waals surface area contributed by atoms with Crippen LogP contribution in [-0.2, 0) is 4.74 Å². The highest BCUT2D eigenvalue weighted by molar-refractivity contribution is 5.10. The number of aliphatic hydroxyl groups is 2. The van der Waals surface area contributed by atoms with Gasteiger partial charge >= 0.3 is 0 Å². The average molecular weight is 393 g/mol. The van der Waals surface area contributed by atoms with Crippen molar-refractivity contribution in [2.45, 2.75) is 110 Å². The Hall–Kier alpha value is -0.120. The van der Waals surface area contributed by atoms with Crippen LogP contribution in [0, 0.1) is 40.4 Å². The number of rotatable bonds is 4. The molecule has 8 unspecified atom stereocenters. The maximum absolute atomic E-state index is 10.2. The van der Waals surface area contributed by atoms with Crippen molar-refractivity contribution in [1.29, 1.82) is 0 Å². The van der Waals surface area contributed by atoms with E-state index in [9.17, 15) is 10.2 Å². The van der Waals surface area contributed by atoms with E-state index in [1.807, 2.05) is 13.8 Å². The van der Waals surface area contributed by atoms with Gasteiger partial charge < -0.3 is 14.9 Å². The largest absolute Gasteiger partial charge is 0.393 e. The van der Waals surface area contributed by atoms with Crippen molar-refractivity contribution in [3.05, 3.63) is 0 Å². The molecule has 3 heteroatoms. The summed E-state index contributed by atoms with van der Waals surface area (Å²) in [6.45, 7) is 11.5.